The molecule has 0 aromatic carbocycles. The molecular formula is C15H16N4O3S. The molecule has 8 heteroatoms. The Morgan fingerprint density at radius 2 is 2.39 bits per heavy atom. The van der Waals surface area contributed by atoms with E-state index < -0.39 is 0 Å². The van der Waals surface area contributed by atoms with Crippen molar-refractivity contribution >= 4 is 33.0 Å². The molecule has 3 aromatic rings. The summed E-state index contributed by atoms with van der Waals surface area (Å²) < 4.78 is 7.94. The van der Waals surface area contributed by atoms with Gasteiger partial charge in [-0.05, 0) is 24.4 Å². The first-order chi connectivity index (χ1) is 11.1. The van der Waals surface area contributed by atoms with Crippen LogP contribution in [0.4, 0.5) is 0 Å². The smallest absolute Gasteiger partial charge is 0.291 e. The molecule has 3 rings (SSSR count). The van der Waals surface area contributed by atoms with Crippen LogP contribution in [0.1, 0.15) is 5.82 Å². The van der Waals surface area contributed by atoms with Crippen molar-refractivity contribution in [1.82, 2.24) is 19.5 Å². The number of hydrogen-bond donors (Lipinski definition) is 1. The summed E-state index contributed by atoms with van der Waals surface area (Å²) in [4.78, 5) is 25.4. The quantitative estimate of drug-likeness (QED) is 0.545. The van der Waals surface area contributed by atoms with Crippen molar-refractivity contribution in [3.8, 4) is 0 Å². The highest BCUT2D eigenvalue weighted by Crippen LogP contribution is 2.24. The number of carbonyl (C=O) groups excluding carboxylic acids is 1. The fourth-order valence-corrected chi connectivity index (χ4v) is 3.37. The van der Waals surface area contributed by atoms with E-state index in [1.807, 2.05) is 28.8 Å². The van der Waals surface area contributed by atoms with Crippen LogP contribution >= 0.6 is 11.3 Å². The van der Waals surface area contributed by atoms with Gasteiger partial charge >= 0.3 is 0 Å². The van der Waals surface area contributed by atoms with Gasteiger partial charge < -0.3 is 10.1 Å². The molecule has 0 fully saturated rings. The Morgan fingerprint density at radius 1 is 1.57 bits per heavy atom. The summed E-state index contributed by atoms with van der Waals surface area (Å²) >= 11 is 1.56. The van der Waals surface area contributed by atoms with E-state index in [0.717, 1.165) is 10.2 Å². The molecule has 0 bridgehead atoms. The van der Waals surface area contributed by atoms with Crippen LogP contribution in [0.25, 0.3) is 15.7 Å². The fourth-order valence-electron chi connectivity index (χ4n) is 2.43. The molecule has 0 unspecified atom stereocenters. The predicted molar refractivity (Wildman–Crippen MR) is 88.7 cm³/mol. The number of fused-ring (bicyclic) bond motifs is 3. The monoisotopic (exact) mass is 332 g/mol. The van der Waals surface area contributed by atoms with Crippen molar-refractivity contribution in [2.24, 2.45) is 0 Å². The van der Waals surface area contributed by atoms with E-state index in [-0.39, 0.29) is 18.0 Å². The maximum atomic E-state index is 12.5. The van der Waals surface area contributed by atoms with E-state index in [1.54, 1.807) is 11.3 Å². The van der Waals surface area contributed by atoms with Crippen LogP contribution in [0.3, 0.4) is 0 Å². The number of hydrogen-bond acceptors (Lipinski definition) is 5. The first-order valence-electron chi connectivity index (χ1n) is 7.07. The SMILES string of the molecule is C=COCCNC(=O)Cn1nc(C)n2c(cc3ccsc32)c1=O. The molecule has 3 aromatic heterocycles. The number of ether oxygens (including phenoxy) is 1. The molecule has 0 atom stereocenters. The van der Waals surface area contributed by atoms with Crippen LogP contribution in [-0.2, 0) is 16.1 Å². The zero-order valence-corrected chi connectivity index (χ0v) is 13.4. The number of nitrogens with zero attached hydrogens (tertiary/aromatic N) is 3. The van der Waals surface area contributed by atoms with Gasteiger partial charge in [0.2, 0.25) is 5.91 Å². The molecule has 3 heterocycles. The lowest BCUT2D eigenvalue weighted by atomic mass is 10.4. The molecule has 23 heavy (non-hydrogen) atoms. The highest BCUT2D eigenvalue weighted by atomic mass is 32.1. The van der Waals surface area contributed by atoms with E-state index in [9.17, 15) is 9.59 Å². The molecule has 1 amide bonds. The van der Waals surface area contributed by atoms with Gasteiger partial charge in [-0.2, -0.15) is 5.10 Å². The van der Waals surface area contributed by atoms with Crippen LogP contribution in [0.15, 0.2) is 35.1 Å². The number of nitrogens with one attached hydrogen (secondary N) is 1. The predicted octanol–water partition coefficient (Wildman–Crippen LogP) is 1.30. The van der Waals surface area contributed by atoms with Crippen molar-refractivity contribution in [2.45, 2.75) is 13.5 Å². The van der Waals surface area contributed by atoms with E-state index in [2.05, 4.69) is 17.0 Å². The van der Waals surface area contributed by atoms with Crippen molar-refractivity contribution in [2.75, 3.05) is 13.2 Å². The van der Waals surface area contributed by atoms with Crippen LogP contribution < -0.4 is 10.9 Å². The Hall–Kier alpha value is -2.61. The van der Waals surface area contributed by atoms with Crippen molar-refractivity contribution in [3.63, 3.8) is 0 Å². The third-order valence-electron chi connectivity index (χ3n) is 3.41. The Bertz CT molecular complexity index is 937. The first kappa shape index (κ1) is 15.3. The molecular weight excluding hydrogens is 316 g/mol. The number of thiophene rings is 1. The topological polar surface area (TPSA) is 77.6 Å². The Balaban J connectivity index is 1.87. The second-order valence-corrected chi connectivity index (χ2v) is 5.84. The molecule has 7 nitrogen and oxygen atoms in total. The maximum Gasteiger partial charge on any atom is 0.291 e. The molecule has 120 valence electrons. The third-order valence-corrected chi connectivity index (χ3v) is 4.32. The Labute approximate surface area is 135 Å². The van der Waals surface area contributed by atoms with E-state index in [0.29, 0.717) is 24.5 Å². The van der Waals surface area contributed by atoms with Crippen LogP contribution in [-0.4, -0.2) is 33.2 Å². The number of carbonyl (C=O) groups is 1. The maximum absolute atomic E-state index is 12.5. The molecule has 0 spiro atoms. The Kier molecular flexibility index (Phi) is 4.16. The molecule has 0 saturated heterocycles. The molecule has 1 N–H and O–H groups in total. The summed E-state index contributed by atoms with van der Waals surface area (Å²) in [6, 6.07) is 3.79. The highest BCUT2D eigenvalue weighted by Gasteiger charge is 2.14. The van der Waals surface area contributed by atoms with E-state index in [1.165, 1.54) is 10.9 Å². The van der Waals surface area contributed by atoms with Crippen molar-refractivity contribution in [3.05, 3.63) is 46.5 Å². The average molecular weight is 332 g/mol. The summed E-state index contributed by atoms with van der Waals surface area (Å²) in [7, 11) is 0. The summed E-state index contributed by atoms with van der Waals surface area (Å²) in [5.74, 6) is 0.379. The highest BCUT2D eigenvalue weighted by molar-refractivity contribution is 7.16. The lowest BCUT2D eigenvalue weighted by Gasteiger charge is -2.09. The molecule has 0 aliphatic carbocycles. The van der Waals surface area contributed by atoms with Gasteiger partial charge in [-0.15, -0.1) is 11.3 Å². The van der Waals surface area contributed by atoms with Crippen molar-refractivity contribution in [1.29, 1.82) is 0 Å². The van der Waals surface area contributed by atoms with Gasteiger partial charge in [0.15, 0.2) is 0 Å². The minimum Gasteiger partial charge on any atom is -0.500 e. The second-order valence-electron chi connectivity index (χ2n) is 4.94. The van der Waals surface area contributed by atoms with Gasteiger partial charge in [-0.25, -0.2) is 4.68 Å². The van der Waals surface area contributed by atoms with Gasteiger partial charge in [-0.1, -0.05) is 6.58 Å². The minimum absolute atomic E-state index is 0.122. The zero-order valence-electron chi connectivity index (χ0n) is 12.6. The normalized spacial score (nSPS) is 11.0. The standard InChI is InChI=1S/C15H16N4O3S/c1-3-22-6-5-16-13(20)9-18-14(21)12-8-11-4-7-23-15(11)19(12)10(2)17-18/h3-4,7-8H,1,5-6,9H2,2H3,(H,16,20). The van der Waals surface area contributed by atoms with Crippen LogP contribution in [0.5, 0.6) is 0 Å². The van der Waals surface area contributed by atoms with Gasteiger partial charge in [-0.3, -0.25) is 14.0 Å². The average Bonchev–Trinajstić information content (AvgIpc) is 3.09. The lowest BCUT2D eigenvalue weighted by Crippen LogP contribution is -2.36. The van der Waals surface area contributed by atoms with Gasteiger partial charge in [0.1, 0.15) is 29.3 Å². The Morgan fingerprint density at radius 3 is 3.17 bits per heavy atom. The minimum atomic E-state index is -0.288. The van der Waals surface area contributed by atoms with E-state index in [4.69, 9.17) is 4.74 Å². The molecule has 0 radical (unpaired) electrons. The van der Waals surface area contributed by atoms with Gasteiger partial charge in [0, 0.05) is 5.39 Å². The number of amides is 1. The second kappa shape index (κ2) is 6.25. The summed E-state index contributed by atoms with van der Waals surface area (Å²) in [5.41, 5.74) is 0.249. The summed E-state index contributed by atoms with van der Waals surface area (Å²) in [6.07, 6.45) is 1.31. The molecule has 0 saturated carbocycles. The summed E-state index contributed by atoms with van der Waals surface area (Å²) in [5, 5.41) is 9.89. The van der Waals surface area contributed by atoms with Gasteiger partial charge in [0.25, 0.3) is 5.56 Å². The number of aromatic nitrogens is 3. The first-order valence-corrected chi connectivity index (χ1v) is 7.95. The van der Waals surface area contributed by atoms with Crippen LogP contribution in [0, 0.1) is 6.92 Å². The largest absolute Gasteiger partial charge is 0.500 e. The van der Waals surface area contributed by atoms with Crippen LogP contribution in [0.2, 0.25) is 0 Å². The lowest BCUT2D eigenvalue weighted by molar-refractivity contribution is -0.122. The molecule has 0 aliphatic rings. The molecule has 0 aliphatic heterocycles. The zero-order chi connectivity index (χ0) is 16.4. The third kappa shape index (κ3) is 2.85. The number of rotatable bonds is 6. The number of aryl methyl sites for hydroxylation is 1. The van der Waals surface area contributed by atoms with Crippen molar-refractivity contribution < 1.29 is 9.53 Å². The summed E-state index contributed by atoms with van der Waals surface area (Å²) in [6.45, 7) is 5.80. The van der Waals surface area contributed by atoms with E-state index >= 15 is 0 Å². The van der Waals surface area contributed by atoms with Gasteiger partial charge in [0.05, 0.1) is 12.8 Å². The fraction of sp³-hybridized carbons (Fsp3) is 0.267.